The van der Waals surface area contributed by atoms with Crippen molar-refractivity contribution >= 4 is 49.6 Å². The molecule has 2 aromatic heterocycles. The Morgan fingerprint density at radius 1 is 1.11 bits per heavy atom. The van der Waals surface area contributed by atoms with Crippen LogP contribution in [0.2, 0.25) is 0 Å². The second-order valence-electron chi connectivity index (χ2n) is 7.64. The number of carbonyl (C=O) groups is 2. The van der Waals surface area contributed by atoms with Crippen molar-refractivity contribution in [1.82, 2.24) is 20.7 Å². The number of para-hydroxylation sites is 1. The third-order valence-corrected chi connectivity index (χ3v) is 6.39. The molecule has 0 spiro atoms. The van der Waals surface area contributed by atoms with Gasteiger partial charge >= 0.3 is 11.7 Å². The number of aromatic nitrogens is 1. The monoisotopic (exact) mass is 495 g/mol. The molecular weight excluding hydrogens is 470 g/mol. The zero-order valence-corrected chi connectivity index (χ0v) is 20.3. The molecule has 10 nitrogen and oxygen atoms in total. The first-order valence-electron chi connectivity index (χ1n) is 11.0. The highest BCUT2D eigenvalue weighted by Gasteiger charge is 2.17. The number of fused-ring (bicyclic) bond motifs is 2. The molecule has 35 heavy (non-hydrogen) atoms. The third kappa shape index (κ3) is 5.42. The summed E-state index contributed by atoms with van der Waals surface area (Å²) in [7, 11) is 1.45. The van der Waals surface area contributed by atoms with Crippen LogP contribution in [-0.2, 0) is 6.54 Å². The van der Waals surface area contributed by atoms with Crippen molar-refractivity contribution in [2.45, 2.75) is 20.4 Å². The van der Waals surface area contributed by atoms with Gasteiger partial charge in [-0.2, -0.15) is 0 Å². The third-order valence-electron chi connectivity index (χ3n) is 5.45. The maximum atomic E-state index is 12.5. The van der Waals surface area contributed by atoms with E-state index in [0.29, 0.717) is 16.3 Å². The fraction of sp³-hybridized carbons (Fsp3) is 0.250. The number of methoxy groups -OCH3 is 1. The molecule has 0 saturated heterocycles. The molecule has 11 heteroatoms. The number of carbonyl (C=O) groups excluding carboxylic acids is 2. The van der Waals surface area contributed by atoms with Crippen LogP contribution in [0.15, 0.2) is 51.7 Å². The van der Waals surface area contributed by atoms with Crippen LogP contribution in [0.1, 0.15) is 29.8 Å². The second-order valence-corrected chi connectivity index (χ2v) is 8.67. The Balaban J connectivity index is 1.40. The number of hydrogen-bond acceptors (Lipinski definition) is 8. The van der Waals surface area contributed by atoms with Crippen molar-refractivity contribution in [3.05, 3.63) is 64.0 Å². The summed E-state index contributed by atoms with van der Waals surface area (Å²) in [6.07, 6.45) is 0. The number of amides is 3. The van der Waals surface area contributed by atoms with Gasteiger partial charge in [-0.05, 0) is 42.9 Å². The summed E-state index contributed by atoms with van der Waals surface area (Å²) in [5.74, 6) is -0.441. The van der Waals surface area contributed by atoms with Gasteiger partial charge in [0.1, 0.15) is 5.56 Å². The van der Waals surface area contributed by atoms with Gasteiger partial charge in [-0.15, -0.1) is 0 Å². The molecule has 0 aliphatic carbocycles. The normalized spacial score (nSPS) is 11.1. The molecule has 0 atom stereocenters. The minimum Gasteiger partial charge on any atom is -0.493 e. The average molecular weight is 496 g/mol. The molecule has 2 heterocycles. The summed E-state index contributed by atoms with van der Waals surface area (Å²) < 4.78 is 11.3. The number of thiazole rings is 1. The van der Waals surface area contributed by atoms with E-state index in [-0.39, 0.29) is 11.1 Å². The van der Waals surface area contributed by atoms with E-state index < -0.39 is 17.6 Å². The van der Waals surface area contributed by atoms with Crippen molar-refractivity contribution in [2.24, 2.45) is 0 Å². The summed E-state index contributed by atoms with van der Waals surface area (Å²) in [6.45, 7) is 7.01. The highest BCUT2D eigenvalue weighted by Crippen LogP contribution is 2.27. The van der Waals surface area contributed by atoms with Crippen LogP contribution in [-0.4, -0.2) is 42.0 Å². The number of hydrazine groups is 1. The van der Waals surface area contributed by atoms with Gasteiger partial charge in [-0.25, -0.2) is 20.0 Å². The lowest BCUT2D eigenvalue weighted by atomic mass is 10.1. The van der Waals surface area contributed by atoms with E-state index in [2.05, 4.69) is 46.0 Å². The number of rotatable bonds is 7. The predicted molar refractivity (Wildman–Crippen MR) is 135 cm³/mol. The van der Waals surface area contributed by atoms with Gasteiger partial charge in [0.2, 0.25) is 0 Å². The zero-order valence-electron chi connectivity index (χ0n) is 19.5. The quantitative estimate of drug-likeness (QED) is 0.264. The summed E-state index contributed by atoms with van der Waals surface area (Å²) in [4.78, 5) is 43.8. The van der Waals surface area contributed by atoms with Crippen LogP contribution in [0, 0.1) is 0 Å². The van der Waals surface area contributed by atoms with Crippen LogP contribution >= 0.6 is 11.3 Å². The van der Waals surface area contributed by atoms with Crippen molar-refractivity contribution < 1.29 is 18.7 Å². The number of hydrogen-bond donors (Lipinski definition) is 3. The first kappa shape index (κ1) is 24.2. The smallest absolute Gasteiger partial charge is 0.349 e. The Bertz CT molecular complexity index is 1440. The van der Waals surface area contributed by atoms with Crippen LogP contribution in [0.25, 0.3) is 21.2 Å². The van der Waals surface area contributed by atoms with E-state index in [9.17, 15) is 14.4 Å². The fourth-order valence-corrected chi connectivity index (χ4v) is 4.50. The summed E-state index contributed by atoms with van der Waals surface area (Å²) in [5.41, 5.74) is 5.49. The lowest BCUT2D eigenvalue weighted by Gasteiger charge is -2.17. The molecular formula is C24H25N5O5S. The summed E-state index contributed by atoms with van der Waals surface area (Å²) in [5, 5.41) is 3.48. The number of nitrogens with one attached hydrogen (secondary N) is 3. The van der Waals surface area contributed by atoms with Crippen LogP contribution in [0.5, 0.6) is 5.75 Å². The van der Waals surface area contributed by atoms with Crippen LogP contribution in [0.3, 0.4) is 0 Å². The van der Waals surface area contributed by atoms with E-state index in [1.807, 2.05) is 12.1 Å². The van der Waals surface area contributed by atoms with Gasteiger partial charge in [0.25, 0.3) is 5.91 Å². The molecule has 3 amide bonds. The SMILES string of the molecule is CCN(CC)Cc1ccc2nc(NC(=O)NNC(=O)c3cc4cccc(OC)c4oc3=O)sc2c1. The van der Waals surface area contributed by atoms with Crippen LogP contribution < -0.4 is 26.5 Å². The summed E-state index contributed by atoms with van der Waals surface area (Å²) in [6, 6.07) is 11.7. The topological polar surface area (TPSA) is 126 Å². The maximum absolute atomic E-state index is 12.5. The molecule has 0 unspecified atom stereocenters. The van der Waals surface area contributed by atoms with Gasteiger partial charge < -0.3 is 9.15 Å². The fourth-order valence-electron chi connectivity index (χ4n) is 3.57. The number of benzene rings is 2. The first-order valence-corrected chi connectivity index (χ1v) is 11.8. The minimum absolute atomic E-state index is 0.235. The molecule has 0 fully saturated rings. The maximum Gasteiger partial charge on any atom is 0.349 e. The van der Waals surface area contributed by atoms with Crippen molar-refractivity contribution in [2.75, 3.05) is 25.5 Å². The Labute approximate surface area is 204 Å². The summed E-state index contributed by atoms with van der Waals surface area (Å²) >= 11 is 1.33. The number of ether oxygens (including phenoxy) is 1. The minimum atomic E-state index is -0.853. The van der Waals surface area contributed by atoms with Crippen molar-refractivity contribution in [3.8, 4) is 5.75 Å². The Kier molecular flexibility index (Phi) is 7.28. The number of anilines is 1. The van der Waals surface area contributed by atoms with Crippen molar-refractivity contribution in [1.29, 1.82) is 0 Å². The molecule has 182 valence electrons. The Morgan fingerprint density at radius 3 is 2.66 bits per heavy atom. The average Bonchev–Trinajstić information content (AvgIpc) is 3.26. The molecule has 0 aliphatic rings. The Morgan fingerprint density at radius 2 is 1.91 bits per heavy atom. The van der Waals surface area contributed by atoms with E-state index in [1.165, 1.54) is 30.1 Å². The molecule has 2 aromatic carbocycles. The molecule has 4 rings (SSSR count). The second kappa shape index (κ2) is 10.5. The van der Waals surface area contributed by atoms with Crippen LogP contribution in [0.4, 0.5) is 9.93 Å². The predicted octanol–water partition coefficient (Wildman–Crippen LogP) is 3.72. The van der Waals surface area contributed by atoms with Gasteiger partial charge in [0, 0.05) is 11.9 Å². The molecule has 0 bridgehead atoms. The largest absolute Gasteiger partial charge is 0.493 e. The lowest BCUT2D eigenvalue weighted by molar-refractivity contribution is 0.0934. The highest BCUT2D eigenvalue weighted by molar-refractivity contribution is 7.22. The molecule has 0 radical (unpaired) electrons. The number of urea groups is 1. The van der Waals surface area contributed by atoms with E-state index >= 15 is 0 Å². The standard InChI is InChI=1S/C24H25N5O5S/c1-4-29(5-2)13-14-9-10-17-19(11-14)35-24(25-17)26-23(32)28-27-21(30)16-12-15-7-6-8-18(33-3)20(15)34-22(16)31/h6-12H,4-5,13H2,1-3H3,(H,27,30)(H2,25,26,28,32). The molecule has 4 aromatic rings. The molecule has 0 saturated carbocycles. The van der Waals surface area contributed by atoms with Gasteiger partial charge in [-0.1, -0.05) is 43.4 Å². The van der Waals surface area contributed by atoms with Gasteiger partial charge in [-0.3, -0.25) is 20.4 Å². The van der Waals surface area contributed by atoms with E-state index in [4.69, 9.17) is 9.15 Å². The molecule has 3 N–H and O–H groups in total. The van der Waals surface area contributed by atoms with E-state index in [0.717, 1.165) is 29.9 Å². The highest BCUT2D eigenvalue weighted by atomic mass is 32.1. The van der Waals surface area contributed by atoms with Gasteiger partial charge in [0.15, 0.2) is 16.5 Å². The first-order chi connectivity index (χ1) is 16.9. The molecule has 0 aliphatic heterocycles. The number of nitrogens with zero attached hydrogens (tertiary/aromatic N) is 2. The van der Waals surface area contributed by atoms with E-state index in [1.54, 1.807) is 18.2 Å². The van der Waals surface area contributed by atoms with Crippen molar-refractivity contribution in [3.63, 3.8) is 0 Å². The lowest BCUT2D eigenvalue weighted by Crippen LogP contribution is -2.45. The Hall–Kier alpha value is -3.96. The van der Waals surface area contributed by atoms with Gasteiger partial charge in [0.05, 0.1) is 17.3 Å². The zero-order chi connectivity index (χ0) is 24.9.